The van der Waals surface area contributed by atoms with Crippen LogP contribution in [-0.2, 0) is 20.8 Å². The number of rotatable bonds is 7. The van der Waals surface area contributed by atoms with Crippen molar-refractivity contribution < 1.29 is 28.5 Å². The third kappa shape index (κ3) is 4.72. The maximum atomic E-state index is 12.6. The number of carbonyl (C=O) groups is 2. The topological polar surface area (TPSA) is 92.1 Å². The number of likely N-dealkylation sites (tertiary alicyclic amines) is 1. The first-order chi connectivity index (χ1) is 15.6. The van der Waals surface area contributed by atoms with Gasteiger partial charge < -0.3 is 18.9 Å². The quantitative estimate of drug-likeness (QED) is 0.603. The van der Waals surface area contributed by atoms with Crippen molar-refractivity contribution in [2.75, 3.05) is 39.5 Å². The number of carbonyl (C=O) groups excluding carboxylic acids is 2. The molecule has 0 bridgehead atoms. The Morgan fingerprint density at radius 2 is 1.78 bits per heavy atom. The van der Waals surface area contributed by atoms with Crippen LogP contribution < -0.4 is 9.47 Å². The number of aromatic nitrogens is 2. The van der Waals surface area contributed by atoms with E-state index >= 15 is 0 Å². The van der Waals surface area contributed by atoms with Crippen molar-refractivity contribution >= 4 is 11.9 Å². The fourth-order valence-corrected chi connectivity index (χ4v) is 4.09. The molecule has 9 heteroatoms. The molecule has 3 heterocycles. The molecule has 0 unspecified atom stereocenters. The average molecular weight is 444 g/mol. The number of piperidine rings is 1. The van der Waals surface area contributed by atoms with Crippen LogP contribution in [0.5, 0.6) is 11.5 Å². The Kier molecular flexibility index (Phi) is 6.94. The van der Waals surface area contributed by atoms with Crippen molar-refractivity contribution in [3.63, 3.8) is 0 Å². The van der Waals surface area contributed by atoms with Crippen LogP contribution in [-0.4, -0.2) is 66.1 Å². The van der Waals surface area contributed by atoms with Crippen molar-refractivity contribution in [1.29, 1.82) is 0 Å². The summed E-state index contributed by atoms with van der Waals surface area (Å²) in [4.78, 5) is 26.9. The highest BCUT2D eigenvalue weighted by Gasteiger charge is 2.28. The van der Waals surface area contributed by atoms with E-state index in [0.29, 0.717) is 50.0 Å². The molecule has 1 aromatic heterocycles. The summed E-state index contributed by atoms with van der Waals surface area (Å²) in [5.41, 5.74) is 1.96. The summed E-state index contributed by atoms with van der Waals surface area (Å²) in [6.45, 7) is 7.29. The lowest BCUT2D eigenvalue weighted by molar-refractivity contribution is -0.149. The minimum absolute atomic E-state index is 0.0709. The fourth-order valence-electron chi connectivity index (χ4n) is 4.09. The first kappa shape index (κ1) is 22.1. The normalized spacial score (nSPS) is 16.6. The average Bonchev–Trinajstić information content (AvgIpc) is 3.23. The molecule has 32 heavy (non-hydrogen) atoms. The summed E-state index contributed by atoms with van der Waals surface area (Å²) < 4.78 is 23.5. The van der Waals surface area contributed by atoms with E-state index in [1.165, 1.54) is 0 Å². The first-order valence-electron chi connectivity index (χ1n) is 11.1. The molecular weight excluding hydrogens is 414 g/mol. The number of nitrogens with zero attached hydrogens (tertiary/aromatic N) is 3. The van der Waals surface area contributed by atoms with Crippen LogP contribution in [0.25, 0.3) is 5.69 Å². The molecule has 0 amide bonds. The van der Waals surface area contributed by atoms with E-state index in [-0.39, 0.29) is 11.9 Å². The van der Waals surface area contributed by atoms with Gasteiger partial charge in [-0.15, -0.1) is 0 Å². The second kappa shape index (κ2) is 10.0. The van der Waals surface area contributed by atoms with Gasteiger partial charge in [0.2, 0.25) is 0 Å². The molecule has 9 nitrogen and oxygen atoms in total. The fraction of sp³-hybridized carbons (Fsp3) is 0.522. The maximum Gasteiger partial charge on any atom is 0.341 e. The monoisotopic (exact) mass is 443 g/mol. The van der Waals surface area contributed by atoms with Crippen molar-refractivity contribution in [3.05, 3.63) is 35.7 Å². The summed E-state index contributed by atoms with van der Waals surface area (Å²) in [6.07, 6.45) is 3.01. The van der Waals surface area contributed by atoms with Gasteiger partial charge in [-0.05, 0) is 51.9 Å². The zero-order chi connectivity index (χ0) is 22.5. The molecule has 4 rings (SSSR count). The van der Waals surface area contributed by atoms with Gasteiger partial charge in [0.1, 0.15) is 18.8 Å². The first-order valence-corrected chi connectivity index (χ1v) is 11.1. The molecule has 0 spiro atoms. The van der Waals surface area contributed by atoms with Gasteiger partial charge in [-0.1, -0.05) is 0 Å². The second-order valence-corrected chi connectivity index (χ2v) is 7.77. The molecule has 0 radical (unpaired) electrons. The lowest BCUT2D eigenvalue weighted by Gasteiger charge is -2.31. The van der Waals surface area contributed by atoms with E-state index in [0.717, 1.165) is 37.3 Å². The number of hydrogen-bond acceptors (Lipinski definition) is 8. The molecular formula is C23H29N3O6. The predicted octanol–water partition coefficient (Wildman–Crippen LogP) is 2.60. The lowest BCUT2D eigenvalue weighted by atomic mass is 9.97. The second-order valence-electron chi connectivity index (χ2n) is 7.77. The third-order valence-electron chi connectivity index (χ3n) is 5.72. The van der Waals surface area contributed by atoms with E-state index in [2.05, 4.69) is 10.00 Å². The van der Waals surface area contributed by atoms with Crippen LogP contribution in [0.2, 0.25) is 0 Å². The molecule has 2 aliphatic heterocycles. The van der Waals surface area contributed by atoms with Crippen LogP contribution in [0, 0.1) is 5.92 Å². The highest BCUT2D eigenvalue weighted by atomic mass is 16.6. The molecule has 1 saturated heterocycles. The van der Waals surface area contributed by atoms with E-state index in [4.69, 9.17) is 18.9 Å². The SMILES string of the molecule is CCOC(=O)c1cnn(-c2ccc3c(c2)OCCO3)c1CN1CCC(C(=O)OCC)CC1. The molecule has 0 atom stereocenters. The van der Waals surface area contributed by atoms with Crippen LogP contribution in [0.4, 0.5) is 0 Å². The number of fused-ring (bicyclic) bond motifs is 1. The van der Waals surface area contributed by atoms with E-state index in [1.54, 1.807) is 17.8 Å². The Morgan fingerprint density at radius 1 is 1.06 bits per heavy atom. The van der Waals surface area contributed by atoms with Gasteiger partial charge in [-0.25, -0.2) is 9.48 Å². The maximum absolute atomic E-state index is 12.6. The van der Waals surface area contributed by atoms with E-state index in [1.807, 2.05) is 25.1 Å². The van der Waals surface area contributed by atoms with E-state index < -0.39 is 5.97 Å². The van der Waals surface area contributed by atoms with Crippen molar-refractivity contribution in [2.45, 2.75) is 33.2 Å². The minimum Gasteiger partial charge on any atom is -0.486 e. The van der Waals surface area contributed by atoms with Crippen LogP contribution in [0.3, 0.4) is 0 Å². The van der Waals surface area contributed by atoms with Gasteiger partial charge in [-0.3, -0.25) is 9.69 Å². The van der Waals surface area contributed by atoms with Crippen LogP contribution in [0.1, 0.15) is 42.7 Å². The van der Waals surface area contributed by atoms with Crippen molar-refractivity contribution in [3.8, 4) is 17.2 Å². The smallest absolute Gasteiger partial charge is 0.341 e. The molecule has 0 aliphatic carbocycles. The molecule has 2 aromatic rings. The van der Waals surface area contributed by atoms with E-state index in [9.17, 15) is 9.59 Å². The van der Waals surface area contributed by atoms with Gasteiger partial charge in [0.25, 0.3) is 0 Å². The molecule has 0 saturated carbocycles. The number of ether oxygens (including phenoxy) is 4. The number of hydrogen-bond donors (Lipinski definition) is 0. The summed E-state index contributed by atoms with van der Waals surface area (Å²) in [6, 6.07) is 5.61. The Balaban J connectivity index is 1.57. The van der Waals surface area contributed by atoms with Gasteiger partial charge in [0, 0.05) is 12.6 Å². The standard InChI is InChI=1S/C23H29N3O6/c1-3-29-22(27)16-7-9-25(10-8-16)15-19-18(23(28)30-4-2)14-24-26(19)17-5-6-20-21(13-17)32-12-11-31-20/h5-6,13-14,16H,3-4,7-12,15H2,1-2H3. The minimum atomic E-state index is -0.396. The number of esters is 2. The summed E-state index contributed by atoms with van der Waals surface area (Å²) in [5.74, 6) is 0.760. The van der Waals surface area contributed by atoms with Crippen LogP contribution >= 0.6 is 0 Å². The Bertz CT molecular complexity index is 965. The highest BCUT2D eigenvalue weighted by Crippen LogP contribution is 2.33. The predicted molar refractivity (Wildman–Crippen MR) is 115 cm³/mol. The van der Waals surface area contributed by atoms with Gasteiger partial charge in [-0.2, -0.15) is 5.10 Å². The van der Waals surface area contributed by atoms with Gasteiger partial charge in [0.05, 0.1) is 36.7 Å². The number of benzene rings is 1. The van der Waals surface area contributed by atoms with Crippen LogP contribution in [0.15, 0.2) is 24.4 Å². The molecule has 0 N–H and O–H groups in total. The Labute approximate surface area is 187 Å². The molecule has 172 valence electrons. The third-order valence-corrected chi connectivity index (χ3v) is 5.72. The zero-order valence-electron chi connectivity index (χ0n) is 18.5. The summed E-state index contributed by atoms with van der Waals surface area (Å²) in [7, 11) is 0. The Morgan fingerprint density at radius 3 is 2.50 bits per heavy atom. The highest BCUT2D eigenvalue weighted by molar-refractivity contribution is 5.90. The lowest BCUT2D eigenvalue weighted by Crippen LogP contribution is -2.37. The Hall–Kier alpha value is -3.07. The molecule has 1 aromatic carbocycles. The van der Waals surface area contributed by atoms with Crippen molar-refractivity contribution in [1.82, 2.24) is 14.7 Å². The largest absolute Gasteiger partial charge is 0.486 e. The summed E-state index contributed by atoms with van der Waals surface area (Å²) >= 11 is 0. The summed E-state index contributed by atoms with van der Waals surface area (Å²) in [5, 5.41) is 4.49. The zero-order valence-corrected chi connectivity index (χ0v) is 18.5. The van der Waals surface area contributed by atoms with Gasteiger partial charge in [0.15, 0.2) is 11.5 Å². The van der Waals surface area contributed by atoms with Crippen molar-refractivity contribution in [2.24, 2.45) is 5.92 Å². The molecule has 1 fully saturated rings. The van der Waals surface area contributed by atoms with Gasteiger partial charge >= 0.3 is 11.9 Å². The molecule has 2 aliphatic rings.